The third kappa shape index (κ3) is 7.36. The Bertz CT molecular complexity index is 971. The minimum atomic E-state index is -0.652. The van der Waals surface area contributed by atoms with E-state index < -0.39 is 6.10 Å². The number of hydrogen-bond donors (Lipinski definition) is 3. The van der Waals surface area contributed by atoms with Crippen molar-refractivity contribution >= 4 is 40.8 Å². The highest BCUT2D eigenvalue weighted by atomic mass is 127. The summed E-state index contributed by atoms with van der Waals surface area (Å²) >= 11 is 0. The largest absolute Gasteiger partial charge is 0.491 e. The fraction of sp³-hybridized carbons (Fsp3) is 0.333. The summed E-state index contributed by atoms with van der Waals surface area (Å²) in [7, 11) is 0. The van der Waals surface area contributed by atoms with E-state index >= 15 is 0 Å². The predicted molar refractivity (Wildman–Crippen MR) is 137 cm³/mol. The van der Waals surface area contributed by atoms with E-state index in [1.54, 1.807) is 6.20 Å². The zero-order valence-electron chi connectivity index (χ0n) is 18.2. The Kier molecular flexibility index (Phi) is 10.00. The molecule has 0 spiro atoms. The molecule has 0 saturated heterocycles. The number of aromatic nitrogens is 1. The molecule has 0 aliphatic carbocycles. The van der Waals surface area contributed by atoms with Crippen molar-refractivity contribution in [3.05, 3.63) is 71.9 Å². The third-order valence-corrected chi connectivity index (χ3v) is 4.57. The van der Waals surface area contributed by atoms with E-state index in [9.17, 15) is 5.11 Å². The van der Waals surface area contributed by atoms with Gasteiger partial charge >= 0.3 is 0 Å². The number of aliphatic hydroxyl groups excluding tert-OH is 1. The number of aliphatic imine (C=N–C) groups is 1. The summed E-state index contributed by atoms with van der Waals surface area (Å²) in [6, 6.07) is 17.6. The van der Waals surface area contributed by atoms with Crippen molar-refractivity contribution in [1.82, 2.24) is 15.6 Å². The van der Waals surface area contributed by atoms with E-state index in [2.05, 4.69) is 20.6 Å². The molecule has 0 saturated carbocycles. The number of para-hydroxylation sites is 1. The van der Waals surface area contributed by atoms with Gasteiger partial charge < -0.3 is 20.5 Å². The van der Waals surface area contributed by atoms with Crippen molar-refractivity contribution < 1.29 is 9.84 Å². The molecule has 31 heavy (non-hydrogen) atoms. The van der Waals surface area contributed by atoms with Crippen LogP contribution in [0.5, 0.6) is 5.75 Å². The molecule has 0 aliphatic rings. The normalized spacial score (nSPS) is 12.4. The fourth-order valence-corrected chi connectivity index (χ4v) is 3.15. The number of guanidine groups is 1. The Balaban J connectivity index is 0.00000341. The average molecular weight is 534 g/mol. The van der Waals surface area contributed by atoms with Gasteiger partial charge in [-0.1, -0.05) is 36.4 Å². The molecule has 3 aromatic rings. The van der Waals surface area contributed by atoms with E-state index in [-0.39, 0.29) is 30.1 Å². The Labute approximate surface area is 201 Å². The van der Waals surface area contributed by atoms with Crippen molar-refractivity contribution in [2.24, 2.45) is 4.99 Å². The van der Waals surface area contributed by atoms with Crippen LogP contribution in [0.15, 0.2) is 65.8 Å². The molecule has 1 heterocycles. The van der Waals surface area contributed by atoms with Gasteiger partial charge in [-0.25, -0.2) is 4.99 Å². The van der Waals surface area contributed by atoms with Gasteiger partial charge in [0.2, 0.25) is 0 Å². The van der Waals surface area contributed by atoms with Crippen LogP contribution in [0.2, 0.25) is 0 Å². The highest BCUT2D eigenvalue weighted by molar-refractivity contribution is 14.0. The molecule has 0 radical (unpaired) electrons. The first kappa shape index (κ1) is 24.9. The second-order valence-electron chi connectivity index (χ2n) is 7.32. The molecule has 1 aromatic heterocycles. The van der Waals surface area contributed by atoms with Gasteiger partial charge in [0.25, 0.3) is 0 Å². The highest BCUT2D eigenvalue weighted by Crippen LogP contribution is 2.19. The smallest absolute Gasteiger partial charge is 0.191 e. The molecule has 3 N–H and O–H groups in total. The number of nitrogens with one attached hydrogen (secondary N) is 2. The molecule has 166 valence electrons. The van der Waals surface area contributed by atoms with Crippen LogP contribution in [-0.2, 0) is 6.54 Å². The maximum atomic E-state index is 10.5. The molecule has 7 heteroatoms. The molecule has 0 bridgehead atoms. The first-order chi connectivity index (χ1) is 14.6. The van der Waals surface area contributed by atoms with Crippen molar-refractivity contribution in [3.8, 4) is 5.75 Å². The highest BCUT2D eigenvalue weighted by Gasteiger charge is 2.10. The third-order valence-electron chi connectivity index (χ3n) is 4.57. The number of pyridine rings is 1. The van der Waals surface area contributed by atoms with Crippen LogP contribution in [0.4, 0.5) is 0 Å². The Morgan fingerprint density at radius 3 is 2.52 bits per heavy atom. The number of aliphatic hydroxyl groups is 1. The Hall–Kier alpha value is -2.39. The molecular weight excluding hydrogens is 503 g/mol. The number of benzene rings is 2. The van der Waals surface area contributed by atoms with Gasteiger partial charge in [0.1, 0.15) is 5.75 Å². The van der Waals surface area contributed by atoms with Crippen LogP contribution in [0, 0.1) is 0 Å². The summed E-state index contributed by atoms with van der Waals surface area (Å²) < 4.78 is 5.65. The lowest BCUT2D eigenvalue weighted by molar-refractivity contribution is 0.180. The number of rotatable bonds is 8. The van der Waals surface area contributed by atoms with Gasteiger partial charge in [0, 0.05) is 24.7 Å². The maximum Gasteiger partial charge on any atom is 0.191 e. The van der Waals surface area contributed by atoms with Gasteiger partial charge in [0.15, 0.2) is 5.96 Å². The van der Waals surface area contributed by atoms with E-state index in [1.165, 1.54) is 0 Å². The minimum Gasteiger partial charge on any atom is -0.491 e. The van der Waals surface area contributed by atoms with Crippen LogP contribution in [0.3, 0.4) is 0 Å². The monoisotopic (exact) mass is 534 g/mol. The zero-order chi connectivity index (χ0) is 21.3. The number of halogens is 1. The second-order valence-corrected chi connectivity index (χ2v) is 7.32. The number of ether oxygens (including phenoxy) is 1. The first-order valence-corrected chi connectivity index (χ1v) is 10.4. The lowest BCUT2D eigenvalue weighted by Crippen LogP contribution is -2.39. The van der Waals surface area contributed by atoms with E-state index in [1.807, 2.05) is 75.4 Å². The summed E-state index contributed by atoms with van der Waals surface area (Å²) in [6.07, 6.45) is 1.27. The molecule has 0 aliphatic heterocycles. The lowest BCUT2D eigenvalue weighted by Gasteiger charge is -2.16. The molecule has 1 unspecified atom stereocenters. The molecular formula is C24H31IN4O2. The maximum absolute atomic E-state index is 10.5. The predicted octanol–water partition coefficient (Wildman–Crippen LogP) is 4.43. The van der Waals surface area contributed by atoms with Crippen molar-refractivity contribution in [2.45, 2.75) is 39.5 Å². The van der Waals surface area contributed by atoms with Crippen LogP contribution >= 0.6 is 24.0 Å². The number of fused-ring (bicyclic) bond motifs is 1. The van der Waals surface area contributed by atoms with Crippen LogP contribution in [0.1, 0.15) is 38.0 Å². The van der Waals surface area contributed by atoms with Gasteiger partial charge in [-0.3, -0.25) is 4.98 Å². The number of hydrogen-bond acceptors (Lipinski definition) is 4. The topological polar surface area (TPSA) is 78.8 Å². The standard InChI is InChI=1S/C24H30N4O2.HI/c1-4-25-24(27-15-20-8-5-7-19-9-6-14-26-23(19)20)28-16-22(29)18-10-12-21(13-11-18)30-17(2)3;/h5-14,17,22,29H,4,15-16H2,1-3H3,(H2,25,27,28);1H. The molecule has 2 aromatic carbocycles. The second kappa shape index (κ2) is 12.5. The van der Waals surface area contributed by atoms with Crippen molar-refractivity contribution in [1.29, 1.82) is 0 Å². The van der Waals surface area contributed by atoms with Gasteiger partial charge in [0.05, 0.1) is 24.3 Å². The zero-order valence-corrected chi connectivity index (χ0v) is 20.5. The molecule has 6 nitrogen and oxygen atoms in total. The van der Waals surface area contributed by atoms with E-state index in [0.717, 1.165) is 34.3 Å². The summed E-state index contributed by atoms with van der Waals surface area (Å²) in [6.45, 7) is 7.58. The Morgan fingerprint density at radius 1 is 1.06 bits per heavy atom. The van der Waals surface area contributed by atoms with Crippen molar-refractivity contribution in [2.75, 3.05) is 13.1 Å². The first-order valence-electron chi connectivity index (χ1n) is 10.4. The van der Waals surface area contributed by atoms with Crippen LogP contribution in [-0.4, -0.2) is 35.2 Å². The minimum absolute atomic E-state index is 0. The summed E-state index contributed by atoms with van der Waals surface area (Å²) in [5.41, 5.74) is 2.85. The molecule has 3 rings (SSSR count). The lowest BCUT2D eigenvalue weighted by atomic mass is 10.1. The summed E-state index contributed by atoms with van der Waals surface area (Å²) in [5.74, 6) is 1.46. The van der Waals surface area contributed by atoms with Gasteiger partial charge in [-0.2, -0.15) is 0 Å². The average Bonchev–Trinajstić information content (AvgIpc) is 2.75. The van der Waals surface area contributed by atoms with Gasteiger partial charge in [-0.15, -0.1) is 24.0 Å². The molecule has 0 amide bonds. The van der Waals surface area contributed by atoms with Crippen LogP contribution in [0.25, 0.3) is 10.9 Å². The Morgan fingerprint density at radius 2 is 1.81 bits per heavy atom. The summed E-state index contributed by atoms with van der Waals surface area (Å²) in [5, 5.41) is 18.1. The molecule has 1 atom stereocenters. The fourth-order valence-electron chi connectivity index (χ4n) is 3.15. The van der Waals surface area contributed by atoms with E-state index in [0.29, 0.717) is 19.0 Å². The van der Waals surface area contributed by atoms with Crippen molar-refractivity contribution in [3.63, 3.8) is 0 Å². The summed E-state index contributed by atoms with van der Waals surface area (Å²) in [4.78, 5) is 9.15. The number of nitrogens with zero attached hydrogens (tertiary/aromatic N) is 2. The van der Waals surface area contributed by atoms with Gasteiger partial charge in [-0.05, 0) is 50.1 Å². The van der Waals surface area contributed by atoms with E-state index in [4.69, 9.17) is 4.74 Å². The molecule has 0 fully saturated rings. The quantitative estimate of drug-likeness (QED) is 0.227. The SMILES string of the molecule is CCNC(=NCc1cccc2cccnc12)NCC(O)c1ccc(OC(C)C)cc1.I. The van der Waals surface area contributed by atoms with Crippen LogP contribution < -0.4 is 15.4 Å².